The van der Waals surface area contributed by atoms with Crippen LogP contribution in [0, 0.1) is 0 Å². The molecule has 0 atom stereocenters. The van der Waals surface area contributed by atoms with Crippen molar-refractivity contribution >= 4 is 15.9 Å². The molecule has 0 heterocycles. The molecule has 5 nitrogen and oxygen atoms in total. The molecule has 17 heavy (non-hydrogen) atoms. The lowest BCUT2D eigenvalue weighted by atomic mass is 10.3. The van der Waals surface area contributed by atoms with Gasteiger partial charge in [0.15, 0.2) is 0 Å². The van der Waals surface area contributed by atoms with Gasteiger partial charge in [0.25, 0.3) is 0 Å². The van der Waals surface area contributed by atoms with Gasteiger partial charge >= 0.3 is 0 Å². The van der Waals surface area contributed by atoms with E-state index in [0.717, 1.165) is 12.8 Å². The van der Waals surface area contributed by atoms with Gasteiger partial charge in [-0.3, -0.25) is 4.79 Å². The molecule has 0 radical (unpaired) electrons. The van der Waals surface area contributed by atoms with Gasteiger partial charge < -0.3 is 5.32 Å². The highest BCUT2D eigenvalue weighted by Gasteiger charge is 2.17. The first-order chi connectivity index (χ1) is 7.77. The van der Waals surface area contributed by atoms with E-state index in [-0.39, 0.29) is 24.9 Å². The number of hydrogen-bond donors (Lipinski definition) is 1. The van der Waals surface area contributed by atoms with E-state index < -0.39 is 10.0 Å². The standard InChI is InChI=1S/C11H24N2O3S/c1-5-6-8-13(17(4,15)16)9-7-11(14)12-10(2)3/h10H,5-9H2,1-4H3,(H,12,14). The Morgan fingerprint density at radius 2 is 1.88 bits per heavy atom. The molecule has 0 spiro atoms. The number of amides is 1. The SMILES string of the molecule is CCCCN(CCC(=O)NC(C)C)S(C)(=O)=O. The van der Waals surface area contributed by atoms with Gasteiger partial charge in [-0.25, -0.2) is 12.7 Å². The van der Waals surface area contributed by atoms with Crippen LogP contribution in [-0.2, 0) is 14.8 Å². The predicted molar refractivity (Wildman–Crippen MR) is 69.2 cm³/mol. The first-order valence-electron chi connectivity index (χ1n) is 6.01. The summed E-state index contributed by atoms with van der Waals surface area (Å²) in [6, 6.07) is 0.0878. The van der Waals surface area contributed by atoms with Crippen LogP contribution in [0.25, 0.3) is 0 Å². The zero-order valence-corrected chi connectivity index (χ0v) is 12.0. The molecule has 0 rings (SSSR count). The molecule has 0 fully saturated rings. The molecule has 1 N–H and O–H groups in total. The van der Waals surface area contributed by atoms with E-state index in [4.69, 9.17) is 0 Å². The zero-order chi connectivity index (χ0) is 13.5. The van der Waals surface area contributed by atoms with Crippen molar-refractivity contribution in [3.63, 3.8) is 0 Å². The molecule has 1 amide bonds. The number of rotatable bonds is 8. The van der Waals surface area contributed by atoms with Crippen LogP contribution in [0.3, 0.4) is 0 Å². The molecule has 6 heteroatoms. The number of sulfonamides is 1. The van der Waals surface area contributed by atoms with Gasteiger partial charge in [0.2, 0.25) is 15.9 Å². The summed E-state index contributed by atoms with van der Waals surface area (Å²) in [5.41, 5.74) is 0. The predicted octanol–water partition coefficient (Wildman–Crippen LogP) is 0.963. The van der Waals surface area contributed by atoms with E-state index in [1.54, 1.807) is 0 Å². The third kappa shape index (κ3) is 8.15. The van der Waals surface area contributed by atoms with Crippen molar-refractivity contribution in [3.05, 3.63) is 0 Å². The lowest BCUT2D eigenvalue weighted by molar-refractivity contribution is -0.121. The molecule has 0 bridgehead atoms. The van der Waals surface area contributed by atoms with E-state index in [0.29, 0.717) is 6.54 Å². The minimum absolute atomic E-state index is 0.0878. The second-order valence-corrected chi connectivity index (χ2v) is 6.47. The lowest BCUT2D eigenvalue weighted by Gasteiger charge is -2.19. The van der Waals surface area contributed by atoms with E-state index in [9.17, 15) is 13.2 Å². The Morgan fingerprint density at radius 1 is 1.29 bits per heavy atom. The van der Waals surface area contributed by atoms with Crippen molar-refractivity contribution in [1.29, 1.82) is 0 Å². The van der Waals surface area contributed by atoms with Crippen molar-refractivity contribution < 1.29 is 13.2 Å². The van der Waals surface area contributed by atoms with Crippen LogP contribution in [-0.4, -0.2) is 44.0 Å². The van der Waals surface area contributed by atoms with Gasteiger partial charge in [0, 0.05) is 25.6 Å². The topological polar surface area (TPSA) is 66.5 Å². The molecule has 0 aliphatic heterocycles. The minimum atomic E-state index is -3.21. The van der Waals surface area contributed by atoms with Gasteiger partial charge in [-0.2, -0.15) is 0 Å². The van der Waals surface area contributed by atoms with Crippen molar-refractivity contribution in [3.8, 4) is 0 Å². The van der Waals surface area contributed by atoms with Crippen LogP contribution in [0.15, 0.2) is 0 Å². The van der Waals surface area contributed by atoms with Crippen LogP contribution in [0.2, 0.25) is 0 Å². The Hall–Kier alpha value is -0.620. The summed E-state index contributed by atoms with van der Waals surface area (Å²) in [4.78, 5) is 11.4. The van der Waals surface area contributed by atoms with Gasteiger partial charge in [0.1, 0.15) is 0 Å². The Bertz CT molecular complexity index is 326. The minimum Gasteiger partial charge on any atom is -0.354 e. The van der Waals surface area contributed by atoms with Crippen molar-refractivity contribution in [2.24, 2.45) is 0 Å². The molecule has 0 aliphatic carbocycles. The summed E-state index contributed by atoms with van der Waals surface area (Å²) in [7, 11) is -3.21. The lowest BCUT2D eigenvalue weighted by Crippen LogP contribution is -2.37. The first-order valence-corrected chi connectivity index (χ1v) is 7.86. The highest BCUT2D eigenvalue weighted by molar-refractivity contribution is 7.88. The van der Waals surface area contributed by atoms with E-state index >= 15 is 0 Å². The summed E-state index contributed by atoms with van der Waals surface area (Å²) >= 11 is 0. The summed E-state index contributed by atoms with van der Waals surface area (Å²) in [5, 5.41) is 2.75. The zero-order valence-electron chi connectivity index (χ0n) is 11.2. The third-order valence-corrected chi connectivity index (χ3v) is 3.57. The molecule has 0 aliphatic rings. The molecular weight excluding hydrogens is 240 g/mol. The highest BCUT2D eigenvalue weighted by atomic mass is 32.2. The highest BCUT2D eigenvalue weighted by Crippen LogP contribution is 2.03. The average molecular weight is 264 g/mol. The molecule has 0 saturated heterocycles. The Morgan fingerprint density at radius 3 is 2.29 bits per heavy atom. The van der Waals surface area contributed by atoms with E-state index in [1.165, 1.54) is 10.6 Å². The molecule has 0 aromatic rings. The monoisotopic (exact) mass is 264 g/mol. The maximum atomic E-state index is 11.5. The van der Waals surface area contributed by atoms with Gasteiger partial charge in [-0.1, -0.05) is 13.3 Å². The Kier molecular flexibility index (Phi) is 7.38. The smallest absolute Gasteiger partial charge is 0.221 e. The van der Waals surface area contributed by atoms with Crippen LogP contribution in [0.5, 0.6) is 0 Å². The van der Waals surface area contributed by atoms with Crippen LogP contribution in [0.4, 0.5) is 0 Å². The van der Waals surface area contributed by atoms with Crippen molar-refractivity contribution in [1.82, 2.24) is 9.62 Å². The van der Waals surface area contributed by atoms with Crippen molar-refractivity contribution in [2.45, 2.75) is 46.1 Å². The molecule has 0 aromatic heterocycles. The molecule has 0 unspecified atom stereocenters. The Labute approximate surface area is 105 Å². The summed E-state index contributed by atoms with van der Waals surface area (Å²) in [5.74, 6) is -0.106. The third-order valence-electron chi connectivity index (χ3n) is 2.27. The van der Waals surface area contributed by atoms with E-state index in [1.807, 2.05) is 20.8 Å². The van der Waals surface area contributed by atoms with Gasteiger partial charge in [0.05, 0.1) is 6.26 Å². The fraction of sp³-hybridized carbons (Fsp3) is 0.909. The number of carbonyl (C=O) groups is 1. The first kappa shape index (κ1) is 16.4. The summed E-state index contributed by atoms with van der Waals surface area (Å²) < 4.78 is 24.3. The van der Waals surface area contributed by atoms with Crippen LogP contribution < -0.4 is 5.32 Å². The summed E-state index contributed by atoms with van der Waals surface area (Å²) in [6.07, 6.45) is 3.15. The van der Waals surface area contributed by atoms with Gasteiger partial charge in [-0.15, -0.1) is 0 Å². The molecule has 0 saturated carbocycles. The van der Waals surface area contributed by atoms with Crippen molar-refractivity contribution in [2.75, 3.05) is 19.3 Å². The molecule has 0 aromatic carbocycles. The maximum absolute atomic E-state index is 11.5. The molecule has 102 valence electrons. The van der Waals surface area contributed by atoms with E-state index in [2.05, 4.69) is 5.32 Å². The molecular formula is C11H24N2O3S. The Balaban J connectivity index is 4.22. The number of carbonyl (C=O) groups excluding carboxylic acids is 1. The number of unbranched alkanes of at least 4 members (excludes halogenated alkanes) is 1. The second-order valence-electron chi connectivity index (χ2n) is 4.49. The average Bonchev–Trinajstić information content (AvgIpc) is 2.14. The number of hydrogen-bond acceptors (Lipinski definition) is 3. The fourth-order valence-corrected chi connectivity index (χ4v) is 2.28. The van der Waals surface area contributed by atoms with Crippen LogP contribution in [0.1, 0.15) is 40.0 Å². The summed E-state index contributed by atoms with van der Waals surface area (Å²) in [6.45, 7) is 6.51. The van der Waals surface area contributed by atoms with Crippen LogP contribution >= 0.6 is 0 Å². The quantitative estimate of drug-likeness (QED) is 0.710. The van der Waals surface area contributed by atoms with Gasteiger partial charge in [-0.05, 0) is 20.3 Å². The second kappa shape index (κ2) is 7.66. The largest absolute Gasteiger partial charge is 0.354 e. The number of nitrogens with zero attached hydrogens (tertiary/aromatic N) is 1. The normalized spacial score (nSPS) is 12.1. The number of nitrogens with one attached hydrogen (secondary N) is 1. The maximum Gasteiger partial charge on any atom is 0.221 e. The fourth-order valence-electron chi connectivity index (χ4n) is 1.40.